The number of hydrogen-bond acceptors (Lipinski definition) is 6. The van der Waals surface area contributed by atoms with Gasteiger partial charge in [0.2, 0.25) is 5.24 Å². The number of aromatic nitrogens is 2. The summed E-state index contributed by atoms with van der Waals surface area (Å²) in [7, 11) is 0. The molecule has 0 N–H and O–H groups in total. The Kier molecular flexibility index (Phi) is 4.10. The van der Waals surface area contributed by atoms with E-state index in [0.29, 0.717) is 6.54 Å². The maximum Gasteiger partial charge on any atom is 0.235 e. The Hall–Kier alpha value is -1.24. The molecule has 21 heavy (non-hydrogen) atoms. The van der Waals surface area contributed by atoms with E-state index in [1.54, 1.807) is 17.7 Å². The highest BCUT2D eigenvalue weighted by Crippen LogP contribution is 2.31. The lowest BCUT2D eigenvalue weighted by molar-refractivity contribution is -0.113. The number of piperazine rings is 1. The van der Waals surface area contributed by atoms with Gasteiger partial charge in [-0.15, -0.1) is 11.3 Å². The van der Waals surface area contributed by atoms with Crippen LogP contribution in [0.5, 0.6) is 0 Å². The summed E-state index contributed by atoms with van der Waals surface area (Å²) in [5, 5.41) is 2.84. The fraction of sp³-hybridized carbons (Fsp3) is 0.500. The van der Waals surface area contributed by atoms with Crippen LogP contribution in [0.2, 0.25) is 0 Å². The van der Waals surface area contributed by atoms with Gasteiger partial charge < -0.3 is 4.90 Å². The van der Waals surface area contributed by atoms with Crippen molar-refractivity contribution in [1.29, 1.82) is 0 Å². The van der Waals surface area contributed by atoms with Crippen LogP contribution in [0.1, 0.15) is 13.8 Å². The Balaban J connectivity index is 1.89. The molecule has 1 saturated heterocycles. The Morgan fingerprint density at radius 3 is 2.76 bits per heavy atom. The molecule has 0 saturated carbocycles. The van der Waals surface area contributed by atoms with Crippen molar-refractivity contribution in [1.82, 2.24) is 14.9 Å². The summed E-state index contributed by atoms with van der Waals surface area (Å²) in [6, 6.07) is 2.61. The first kappa shape index (κ1) is 14.7. The standard InChI is InChI=1S/C14H17ClN4OS/c1-9-5-18(7-12(15)20)6-10(2)19(9)13-11-3-4-21-14(11)17-8-16-13/h3-4,8-10H,5-7H2,1-2H3. The zero-order valence-corrected chi connectivity index (χ0v) is 13.6. The normalized spacial score (nSPS) is 23.7. The molecule has 0 aromatic carbocycles. The van der Waals surface area contributed by atoms with Gasteiger partial charge in [-0.1, -0.05) is 0 Å². The van der Waals surface area contributed by atoms with Crippen LogP contribution in [0.15, 0.2) is 17.8 Å². The van der Waals surface area contributed by atoms with Crippen LogP contribution in [0.25, 0.3) is 10.2 Å². The average Bonchev–Trinajstić information content (AvgIpc) is 2.86. The van der Waals surface area contributed by atoms with E-state index < -0.39 is 0 Å². The number of fused-ring (bicyclic) bond motifs is 1. The number of halogens is 1. The van der Waals surface area contributed by atoms with Crippen molar-refractivity contribution in [3.8, 4) is 0 Å². The van der Waals surface area contributed by atoms with E-state index in [-0.39, 0.29) is 17.3 Å². The molecule has 0 amide bonds. The third kappa shape index (κ3) is 2.88. The highest BCUT2D eigenvalue weighted by molar-refractivity contribution is 7.16. The molecule has 5 nitrogen and oxygen atoms in total. The topological polar surface area (TPSA) is 49.3 Å². The molecule has 0 radical (unpaired) electrons. The Morgan fingerprint density at radius 2 is 2.10 bits per heavy atom. The van der Waals surface area contributed by atoms with Crippen LogP contribution in [0.4, 0.5) is 5.82 Å². The van der Waals surface area contributed by atoms with Gasteiger partial charge in [-0.2, -0.15) is 0 Å². The van der Waals surface area contributed by atoms with Crippen LogP contribution >= 0.6 is 22.9 Å². The quantitative estimate of drug-likeness (QED) is 0.811. The van der Waals surface area contributed by atoms with Crippen LogP contribution in [0, 0.1) is 0 Å². The molecule has 2 unspecified atom stereocenters. The van der Waals surface area contributed by atoms with Crippen molar-refractivity contribution in [3.05, 3.63) is 17.8 Å². The number of carbonyl (C=O) groups is 1. The second-order valence-corrected chi connectivity index (χ2v) is 6.81. The van der Waals surface area contributed by atoms with Gasteiger partial charge in [0.1, 0.15) is 17.0 Å². The maximum atomic E-state index is 11.1. The van der Waals surface area contributed by atoms with Crippen molar-refractivity contribution < 1.29 is 4.79 Å². The second-order valence-electron chi connectivity index (χ2n) is 5.49. The van der Waals surface area contributed by atoms with Gasteiger partial charge in [0.05, 0.1) is 11.9 Å². The third-order valence-corrected chi connectivity index (χ3v) is 4.77. The van der Waals surface area contributed by atoms with Gasteiger partial charge in [-0.25, -0.2) is 9.97 Å². The van der Waals surface area contributed by atoms with Crippen molar-refractivity contribution in [2.75, 3.05) is 24.5 Å². The zero-order chi connectivity index (χ0) is 15.0. The van der Waals surface area contributed by atoms with Gasteiger partial charge in [0, 0.05) is 25.2 Å². The molecule has 3 heterocycles. The summed E-state index contributed by atoms with van der Waals surface area (Å²) in [4.78, 5) is 25.4. The van der Waals surface area contributed by atoms with Gasteiger partial charge in [0.25, 0.3) is 0 Å². The molecular weight excluding hydrogens is 308 g/mol. The summed E-state index contributed by atoms with van der Waals surface area (Å²) in [6.45, 7) is 6.22. The molecule has 2 aromatic heterocycles. The first-order valence-electron chi connectivity index (χ1n) is 6.93. The lowest BCUT2D eigenvalue weighted by Gasteiger charge is -2.45. The van der Waals surface area contributed by atoms with Crippen LogP contribution in [0.3, 0.4) is 0 Å². The number of anilines is 1. The van der Waals surface area contributed by atoms with E-state index in [0.717, 1.165) is 29.1 Å². The molecule has 7 heteroatoms. The largest absolute Gasteiger partial charge is 0.348 e. The number of hydrogen-bond donors (Lipinski definition) is 0. The van der Waals surface area contributed by atoms with Crippen molar-refractivity contribution in [2.24, 2.45) is 0 Å². The second kappa shape index (κ2) is 5.87. The van der Waals surface area contributed by atoms with Crippen molar-refractivity contribution in [3.63, 3.8) is 0 Å². The van der Waals surface area contributed by atoms with Gasteiger partial charge in [-0.05, 0) is 36.9 Å². The molecule has 3 rings (SSSR count). The van der Waals surface area contributed by atoms with Crippen LogP contribution in [-0.4, -0.2) is 51.8 Å². The minimum absolute atomic E-state index is 0.266. The molecule has 0 aliphatic carbocycles. The summed E-state index contributed by atoms with van der Waals surface area (Å²) in [6.07, 6.45) is 1.63. The lowest BCUT2D eigenvalue weighted by Crippen LogP contribution is -2.57. The van der Waals surface area contributed by atoms with E-state index >= 15 is 0 Å². The van der Waals surface area contributed by atoms with E-state index in [2.05, 4.69) is 39.7 Å². The summed E-state index contributed by atoms with van der Waals surface area (Å²) >= 11 is 7.14. The van der Waals surface area contributed by atoms with E-state index in [4.69, 9.17) is 11.6 Å². The van der Waals surface area contributed by atoms with Crippen molar-refractivity contribution >= 4 is 44.2 Å². The van der Waals surface area contributed by atoms with E-state index in [9.17, 15) is 4.79 Å². The lowest BCUT2D eigenvalue weighted by atomic mass is 10.1. The molecule has 0 bridgehead atoms. The first-order valence-corrected chi connectivity index (χ1v) is 8.19. The van der Waals surface area contributed by atoms with Gasteiger partial charge in [-0.3, -0.25) is 9.69 Å². The Bertz CT molecular complexity index is 649. The molecule has 2 atom stereocenters. The van der Waals surface area contributed by atoms with Crippen LogP contribution < -0.4 is 4.90 Å². The van der Waals surface area contributed by atoms with Crippen LogP contribution in [-0.2, 0) is 4.79 Å². The summed E-state index contributed by atoms with van der Waals surface area (Å²) in [5.74, 6) is 0.984. The highest BCUT2D eigenvalue weighted by atomic mass is 35.5. The zero-order valence-electron chi connectivity index (χ0n) is 12.0. The Morgan fingerprint density at radius 1 is 1.38 bits per heavy atom. The number of carbonyl (C=O) groups excluding carboxylic acids is 1. The maximum absolute atomic E-state index is 11.1. The number of thiophene rings is 1. The fourth-order valence-corrected chi connectivity index (χ4v) is 4.03. The summed E-state index contributed by atoms with van der Waals surface area (Å²) in [5.41, 5.74) is 0. The molecule has 2 aromatic rings. The molecule has 0 spiro atoms. The molecule has 1 aliphatic rings. The molecule has 1 aliphatic heterocycles. The monoisotopic (exact) mass is 324 g/mol. The average molecular weight is 325 g/mol. The molecule has 112 valence electrons. The minimum atomic E-state index is -0.301. The van der Waals surface area contributed by atoms with Gasteiger partial charge in [0.15, 0.2) is 0 Å². The predicted octanol–water partition coefficient (Wildman–Crippen LogP) is 2.36. The first-order chi connectivity index (χ1) is 10.1. The highest BCUT2D eigenvalue weighted by Gasteiger charge is 2.32. The number of rotatable bonds is 3. The van der Waals surface area contributed by atoms with E-state index in [1.807, 2.05) is 5.38 Å². The summed E-state index contributed by atoms with van der Waals surface area (Å²) < 4.78 is 0. The third-order valence-electron chi connectivity index (χ3n) is 3.83. The SMILES string of the molecule is CC1CN(CC(=O)Cl)CC(C)N1c1ncnc2sccc12. The predicted molar refractivity (Wildman–Crippen MR) is 86.1 cm³/mol. The van der Waals surface area contributed by atoms with E-state index in [1.165, 1.54) is 0 Å². The molecular formula is C14H17ClN4OS. The smallest absolute Gasteiger partial charge is 0.235 e. The molecule has 1 fully saturated rings. The fourth-order valence-electron chi connectivity index (χ4n) is 3.14. The van der Waals surface area contributed by atoms with Gasteiger partial charge >= 0.3 is 0 Å². The van der Waals surface area contributed by atoms with Crippen molar-refractivity contribution in [2.45, 2.75) is 25.9 Å². The number of nitrogens with zero attached hydrogens (tertiary/aromatic N) is 4. The minimum Gasteiger partial charge on any atom is -0.348 e. The Labute approximate surface area is 132 Å².